The molecule has 1 aliphatic rings. The second-order valence-corrected chi connectivity index (χ2v) is 8.87. The lowest BCUT2D eigenvalue weighted by Crippen LogP contribution is -2.27. The van der Waals surface area contributed by atoms with Crippen LogP contribution in [0.2, 0.25) is 0 Å². The molecule has 1 amide bonds. The Balaban J connectivity index is 1.66. The Morgan fingerprint density at radius 3 is 2.62 bits per heavy atom. The van der Waals surface area contributed by atoms with E-state index in [1.54, 1.807) is 4.90 Å². The quantitative estimate of drug-likeness (QED) is 0.499. The molecule has 0 aromatic heterocycles. The summed E-state index contributed by atoms with van der Waals surface area (Å²) in [4.78, 5) is 15.4. The smallest absolute Gasteiger partial charge is 0.261 e. The van der Waals surface area contributed by atoms with Crippen LogP contribution in [0.25, 0.3) is 0 Å². The average molecular weight is 429 g/mol. The molecule has 1 N–H and O–H groups in total. The van der Waals surface area contributed by atoms with Crippen LogP contribution in [0.3, 0.4) is 0 Å². The van der Waals surface area contributed by atoms with Gasteiger partial charge in [0.2, 0.25) is 0 Å². The van der Waals surface area contributed by atoms with E-state index in [9.17, 15) is 4.79 Å². The molecule has 0 unspecified atom stereocenters. The van der Waals surface area contributed by atoms with Crippen molar-refractivity contribution < 1.29 is 9.53 Å². The van der Waals surface area contributed by atoms with E-state index in [0.29, 0.717) is 23.8 Å². The fourth-order valence-corrected chi connectivity index (χ4v) is 4.31. The summed E-state index contributed by atoms with van der Waals surface area (Å²) < 4.78 is 6.18. The van der Waals surface area contributed by atoms with Gasteiger partial charge >= 0.3 is 0 Å². The van der Waals surface area contributed by atoms with E-state index < -0.39 is 0 Å². The molecule has 0 bridgehead atoms. The van der Waals surface area contributed by atoms with Crippen LogP contribution in [0.15, 0.2) is 60.7 Å². The molecule has 3 aromatic rings. The van der Waals surface area contributed by atoms with Gasteiger partial charge in [-0.25, -0.2) is 0 Å². The maximum atomic E-state index is 13.7. The predicted octanol–water partition coefficient (Wildman–Crippen LogP) is 6.33. The molecular formula is C28H32N2O2. The molecule has 0 saturated heterocycles. The lowest BCUT2D eigenvalue weighted by molar-refractivity contribution is 0.0988. The summed E-state index contributed by atoms with van der Waals surface area (Å²) >= 11 is 0. The Hall–Kier alpha value is -3.27. The molecule has 3 aromatic carbocycles. The Bertz CT molecular complexity index is 1110. The molecule has 0 radical (unpaired) electrons. The first-order chi connectivity index (χ1) is 15.4. The Morgan fingerprint density at radius 1 is 1.09 bits per heavy atom. The number of carbonyl (C=O) groups is 1. The van der Waals surface area contributed by atoms with Gasteiger partial charge in [0, 0.05) is 25.0 Å². The second kappa shape index (κ2) is 9.47. The largest absolute Gasteiger partial charge is 0.488 e. The SMILES string of the molecule is Cc1cc(OCc2ccccc2)c(C(=O)N(C)c2ccc3c(c2)CCCN3)cc1C(C)C. The van der Waals surface area contributed by atoms with Crippen molar-refractivity contribution >= 4 is 17.3 Å². The van der Waals surface area contributed by atoms with Gasteiger partial charge in [0.15, 0.2) is 0 Å². The number of benzene rings is 3. The van der Waals surface area contributed by atoms with Gasteiger partial charge in [-0.1, -0.05) is 44.2 Å². The zero-order chi connectivity index (χ0) is 22.7. The predicted molar refractivity (Wildman–Crippen MR) is 132 cm³/mol. The Labute approximate surface area is 191 Å². The van der Waals surface area contributed by atoms with Crippen molar-refractivity contribution in [3.05, 3.63) is 88.5 Å². The van der Waals surface area contributed by atoms with Gasteiger partial charge in [-0.05, 0) is 78.3 Å². The third-order valence-electron chi connectivity index (χ3n) is 6.18. The molecule has 0 fully saturated rings. The van der Waals surface area contributed by atoms with Crippen molar-refractivity contribution in [2.24, 2.45) is 0 Å². The second-order valence-electron chi connectivity index (χ2n) is 8.87. The van der Waals surface area contributed by atoms with E-state index in [2.05, 4.69) is 38.2 Å². The highest BCUT2D eigenvalue weighted by molar-refractivity contribution is 6.08. The van der Waals surface area contributed by atoms with Gasteiger partial charge in [0.05, 0.1) is 5.56 Å². The number of fused-ring (bicyclic) bond motifs is 1. The molecule has 4 rings (SSSR count). The van der Waals surface area contributed by atoms with Gasteiger partial charge in [-0.2, -0.15) is 0 Å². The number of aryl methyl sites for hydroxylation is 2. The lowest BCUT2D eigenvalue weighted by atomic mass is 9.94. The van der Waals surface area contributed by atoms with E-state index in [4.69, 9.17) is 4.74 Å². The molecule has 4 nitrogen and oxygen atoms in total. The number of carbonyl (C=O) groups excluding carboxylic acids is 1. The Morgan fingerprint density at radius 2 is 1.88 bits per heavy atom. The minimum Gasteiger partial charge on any atom is -0.488 e. The standard InChI is InChI=1S/C28H32N2O2/c1-19(2)24-17-25(27(15-20(24)3)32-18-21-9-6-5-7-10-21)28(31)30(4)23-12-13-26-22(16-23)11-8-14-29-26/h5-7,9-10,12-13,15-17,19,29H,8,11,14,18H2,1-4H3. The highest BCUT2D eigenvalue weighted by atomic mass is 16.5. The molecule has 4 heteroatoms. The van der Waals surface area contributed by atoms with Gasteiger partial charge < -0.3 is 15.0 Å². The van der Waals surface area contributed by atoms with Gasteiger partial charge in [-0.15, -0.1) is 0 Å². The summed E-state index contributed by atoms with van der Waals surface area (Å²) in [6.07, 6.45) is 2.15. The number of ether oxygens (including phenoxy) is 1. The number of anilines is 2. The van der Waals surface area contributed by atoms with Crippen LogP contribution in [0.1, 0.15) is 58.8 Å². The fourth-order valence-electron chi connectivity index (χ4n) is 4.31. The number of nitrogens with one attached hydrogen (secondary N) is 1. The summed E-state index contributed by atoms with van der Waals surface area (Å²) in [5.41, 5.74) is 7.33. The maximum Gasteiger partial charge on any atom is 0.261 e. The molecule has 0 atom stereocenters. The first kappa shape index (κ1) is 21.9. The zero-order valence-corrected chi connectivity index (χ0v) is 19.4. The number of amides is 1. The summed E-state index contributed by atoms with van der Waals surface area (Å²) in [6, 6.07) is 20.3. The van der Waals surface area contributed by atoms with Crippen molar-refractivity contribution in [1.82, 2.24) is 0 Å². The van der Waals surface area contributed by atoms with E-state index in [1.807, 2.05) is 55.6 Å². The molecule has 0 saturated carbocycles. The average Bonchev–Trinajstić information content (AvgIpc) is 2.82. The van der Waals surface area contributed by atoms with Crippen LogP contribution in [0.5, 0.6) is 5.75 Å². The Kier molecular flexibility index (Phi) is 6.50. The minimum absolute atomic E-state index is 0.0568. The highest BCUT2D eigenvalue weighted by Crippen LogP contribution is 2.32. The molecule has 32 heavy (non-hydrogen) atoms. The molecule has 0 aliphatic carbocycles. The van der Waals surface area contributed by atoms with Gasteiger partial charge in [-0.3, -0.25) is 4.79 Å². The van der Waals surface area contributed by atoms with E-state index in [-0.39, 0.29) is 5.91 Å². The van der Waals surface area contributed by atoms with Crippen LogP contribution < -0.4 is 15.0 Å². The number of hydrogen-bond acceptors (Lipinski definition) is 3. The first-order valence-corrected chi connectivity index (χ1v) is 11.4. The van der Waals surface area contributed by atoms with Crippen molar-refractivity contribution in [3.8, 4) is 5.75 Å². The van der Waals surface area contributed by atoms with Crippen LogP contribution in [0.4, 0.5) is 11.4 Å². The number of rotatable bonds is 6. The van der Waals surface area contributed by atoms with Crippen LogP contribution in [0, 0.1) is 6.92 Å². The van der Waals surface area contributed by atoms with Gasteiger partial charge in [0.25, 0.3) is 5.91 Å². The first-order valence-electron chi connectivity index (χ1n) is 11.4. The number of hydrogen-bond donors (Lipinski definition) is 1. The normalized spacial score (nSPS) is 12.8. The molecule has 0 spiro atoms. The molecule has 166 valence electrons. The minimum atomic E-state index is -0.0568. The zero-order valence-electron chi connectivity index (χ0n) is 19.4. The van der Waals surface area contributed by atoms with Crippen molar-refractivity contribution in [1.29, 1.82) is 0 Å². The lowest BCUT2D eigenvalue weighted by Gasteiger charge is -2.24. The highest BCUT2D eigenvalue weighted by Gasteiger charge is 2.22. The summed E-state index contributed by atoms with van der Waals surface area (Å²) in [6.45, 7) is 7.82. The summed E-state index contributed by atoms with van der Waals surface area (Å²) in [7, 11) is 1.84. The van der Waals surface area contributed by atoms with E-state index in [0.717, 1.165) is 36.2 Å². The molecule has 1 heterocycles. The van der Waals surface area contributed by atoms with Crippen LogP contribution in [-0.2, 0) is 13.0 Å². The van der Waals surface area contributed by atoms with Crippen molar-refractivity contribution in [2.75, 3.05) is 23.8 Å². The van der Waals surface area contributed by atoms with Crippen LogP contribution >= 0.6 is 0 Å². The summed E-state index contributed by atoms with van der Waals surface area (Å²) in [5.74, 6) is 0.899. The number of nitrogens with zero attached hydrogens (tertiary/aromatic N) is 1. The maximum absolute atomic E-state index is 13.7. The molecular weight excluding hydrogens is 396 g/mol. The third-order valence-corrected chi connectivity index (χ3v) is 6.18. The van der Waals surface area contributed by atoms with Gasteiger partial charge in [0.1, 0.15) is 12.4 Å². The molecule has 1 aliphatic heterocycles. The van der Waals surface area contributed by atoms with Crippen molar-refractivity contribution in [3.63, 3.8) is 0 Å². The van der Waals surface area contributed by atoms with Crippen LogP contribution in [-0.4, -0.2) is 19.5 Å². The summed E-state index contributed by atoms with van der Waals surface area (Å²) in [5, 5.41) is 3.43. The topological polar surface area (TPSA) is 41.6 Å². The van der Waals surface area contributed by atoms with E-state index in [1.165, 1.54) is 16.8 Å². The third kappa shape index (κ3) is 4.64. The fraction of sp³-hybridized carbons (Fsp3) is 0.321. The monoisotopic (exact) mass is 428 g/mol. The van der Waals surface area contributed by atoms with E-state index >= 15 is 0 Å². The van der Waals surface area contributed by atoms with Crippen molar-refractivity contribution in [2.45, 2.75) is 46.1 Å².